The first-order chi connectivity index (χ1) is 9.49. The first-order valence-electron chi connectivity index (χ1n) is 6.26. The lowest BCUT2D eigenvalue weighted by Gasteiger charge is -2.24. The van der Waals surface area contributed by atoms with Crippen molar-refractivity contribution >= 4 is 10.0 Å². The van der Waals surface area contributed by atoms with E-state index in [2.05, 4.69) is 14.8 Å². The Kier molecular flexibility index (Phi) is 4.90. The van der Waals surface area contributed by atoms with Crippen molar-refractivity contribution in [2.45, 2.75) is 30.4 Å². The molecule has 1 fully saturated rings. The monoisotopic (exact) mass is 306 g/mol. The summed E-state index contributed by atoms with van der Waals surface area (Å²) < 4.78 is 55.9. The van der Waals surface area contributed by atoms with Gasteiger partial charge in [-0.3, -0.25) is 0 Å². The van der Waals surface area contributed by atoms with Gasteiger partial charge in [0.25, 0.3) is 0 Å². The predicted octanol–water partition coefficient (Wildman–Crippen LogP) is 1.32. The summed E-state index contributed by atoms with van der Waals surface area (Å²) in [6.07, 6.45) is 1.33. The van der Waals surface area contributed by atoms with Crippen molar-refractivity contribution in [2.24, 2.45) is 0 Å². The van der Waals surface area contributed by atoms with Gasteiger partial charge in [-0.05, 0) is 38.1 Å². The zero-order chi connectivity index (χ0) is 14.6. The highest BCUT2D eigenvalue weighted by Gasteiger charge is 2.25. The van der Waals surface area contributed by atoms with Crippen LogP contribution in [-0.4, -0.2) is 34.2 Å². The fourth-order valence-electron chi connectivity index (χ4n) is 2.09. The molecular formula is C12H16F2N2O3S. The van der Waals surface area contributed by atoms with E-state index in [0.29, 0.717) is 12.8 Å². The number of nitrogens with one attached hydrogen (secondary N) is 2. The highest BCUT2D eigenvalue weighted by atomic mass is 32.2. The van der Waals surface area contributed by atoms with Crippen LogP contribution in [0.5, 0.6) is 5.75 Å². The molecule has 5 nitrogen and oxygen atoms in total. The maximum Gasteiger partial charge on any atom is 0.387 e. The summed E-state index contributed by atoms with van der Waals surface area (Å²) in [4.78, 5) is -0.265. The van der Waals surface area contributed by atoms with Crippen LogP contribution in [0.1, 0.15) is 12.8 Å². The van der Waals surface area contributed by atoms with Crippen molar-refractivity contribution in [3.8, 4) is 5.75 Å². The Morgan fingerprint density at radius 2 is 1.90 bits per heavy atom. The average Bonchev–Trinajstić information content (AvgIpc) is 2.39. The molecule has 1 aromatic carbocycles. The van der Waals surface area contributed by atoms with Crippen LogP contribution in [0.2, 0.25) is 0 Å². The van der Waals surface area contributed by atoms with Gasteiger partial charge >= 0.3 is 6.61 Å². The van der Waals surface area contributed by atoms with Gasteiger partial charge in [-0.15, -0.1) is 0 Å². The van der Waals surface area contributed by atoms with E-state index >= 15 is 0 Å². The number of rotatable bonds is 5. The third-order valence-electron chi connectivity index (χ3n) is 3.02. The number of sulfonamides is 1. The Labute approximate surface area is 116 Å². The van der Waals surface area contributed by atoms with Gasteiger partial charge in [0.15, 0.2) is 0 Å². The molecule has 2 N–H and O–H groups in total. The maximum absolute atomic E-state index is 12.3. The van der Waals surface area contributed by atoms with Crippen LogP contribution in [0, 0.1) is 0 Å². The third kappa shape index (κ3) is 3.87. The number of benzene rings is 1. The molecule has 0 amide bonds. The Morgan fingerprint density at radius 1 is 1.25 bits per heavy atom. The van der Waals surface area contributed by atoms with Gasteiger partial charge in [0.2, 0.25) is 10.0 Å². The number of hydrogen-bond acceptors (Lipinski definition) is 4. The summed E-state index contributed by atoms with van der Waals surface area (Å²) in [5.41, 5.74) is 0. The fraction of sp³-hybridized carbons (Fsp3) is 0.500. The van der Waals surface area contributed by atoms with Crippen LogP contribution >= 0.6 is 0 Å². The zero-order valence-corrected chi connectivity index (χ0v) is 11.5. The molecule has 2 rings (SSSR count). The van der Waals surface area contributed by atoms with Gasteiger partial charge in [-0.2, -0.15) is 8.78 Å². The van der Waals surface area contributed by atoms with Crippen molar-refractivity contribution in [1.82, 2.24) is 10.0 Å². The SMILES string of the molecule is O=S(=O)(NC1CCNCC1)c1ccccc1OC(F)F. The molecule has 1 aromatic rings. The van der Waals surface area contributed by atoms with Crippen LogP contribution in [0.15, 0.2) is 29.2 Å². The number of hydrogen-bond donors (Lipinski definition) is 2. The molecule has 0 bridgehead atoms. The Morgan fingerprint density at radius 3 is 2.55 bits per heavy atom. The largest absolute Gasteiger partial charge is 0.433 e. The van der Waals surface area contributed by atoms with E-state index in [0.717, 1.165) is 13.1 Å². The molecule has 8 heteroatoms. The summed E-state index contributed by atoms with van der Waals surface area (Å²) in [7, 11) is -3.87. The molecule has 112 valence electrons. The highest BCUT2D eigenvalue weighted by molar-refractivity contribution is 7.89. The number of alkyl halides is 2. The lowest BCUT2D eigenvalue weighted by Crippen LogP contribution is -2.42. The van der Waals surface area contributed by atoms with Crippen LogP contribution in [-0.2, 0) is 10.0 Å². The van der Waals surface area contributed by atoms with Gasteiger partial charge in [0.05, 0.1) is 0 Å². The minimum atomic E-state index is -3.87. The maximum atomic E-state index is 12.3. The third-order valence-corrected chi connectivity index (χ3v) is 4.58. The molecule has 0 spiro atoms. The number of para-hydroxylation sites is 1. The number of halogens is 2. The van der Waals surface area contributed by atoms with E-state index in [1.54, 1.807) is 0 Å². The second-order valence-electron chi connectivity index (χ2n) is 4.47. The molecule has 0 atom stereocenters. The number of ether oxygens (including phenoxy) is 1. The van der Waals surface area contributed by atoms with Gasteiger partial charge in [0.1, 0.15) is 10.6 Å². The summed E-state index contributed by atoms with van der Waals surface area (Å²) in [6, 6.07) is 5.18. The molecular weight excluding hydrogens is 290 g/mol. The summed E-state index contributed by atoms with van der Waals surface area (Å²) in [5, 5.41) is 3.12. The second kappa shape index (κ2) is 6.47. The molecule has 0 radical (unpaired) electrons. The molecule has 1 aliphatic rings. The van der Waals surface area contributed by atoms with E-state index in [1.807, 2.05) is 0 Å². The molecule has 0 aromatic heterocycles. The molecule has 0 unspecified atom stereocenters. The highest BCUT2D eigenvalue weighted by Crippen LogP contribution is 2.25. The van der Waals surface area contributed by atoms with E-state index in [1.165, 1.54) is 24.3 Å². The van der Waals surface area contributed by atoms with Crippen molar-refractivity contribution in [1.29, 1.82) is 0 Å². The molecule has 1 saturated heterocycles. The van der Waals surface area contributed by atoms with Crippen molar-refractivity contribution < 1.29 is 21.9 Å². The lowest BCUT2D eigenvalue weighted by atomic mass is 10.1. The van der Waals surface area contributed by atoms with Crippen LogP contribution < -0.4 is 14.8 Å². The van der Waals surface area contributed by atoms with E-state index in [-0.39, 0.29) is 16.7 Å². The Bertz CT molecular complexity index is 545. The van der Waals surface area contributed by atoms with Crippen molar-refractivity contribution in [2.75, 3.05) is 13.1 Å². The molecule has 0 aliphatic carbocycles. The topological polar surface area (TPSA) is 67.4 Å². The normalized spacial score (nSPS) is 17.4. The molecule has 1 aliphatic heterocycles. The van der Waals surface area contributed by atoms with Crippen LogP contribution in [0.3, 0.4) is 0 Å². The summed E-state index contributed by atoms with van der Waals surface area (Å²) >= 11 is 0. The fourth-order valence-corrected chi connectivity index (χ4v) is 3.53. The summed E-state index contributed by atoms with van der Waals surface area (Å²) in [5.74, 6) is -0.344. The van der Waals surface area contributed by atoms with E-state index in [4.69, 9.17) is 0 Å². The van der Waals surface area contributed by atoms with Crippen molar-refractivity contribution in [3.63, 3.8) is 0 Å². The van der Waals surface area contributed by atoms with E-state index < -0.39 is 16.6 Å². The Hall–Kier alpha value is -1.25. The first-order valence-corrected chi connectivity index (χ1v) is 7.74. The van der Waals surface area contributed by atoms with Crippen LogP contribution in [0.4, 0.5) is 8.78 Å². The quantitative estimate of drug-likeness (QED) is 0.861. The smallest absolute Gasteiger partial charge is 0.387 e. The molecule has 1 heterocycles. The average molecular weight is 306 g/mol. The van der Waals surface area contributed by atoms with Gasteiger partial charge in [-0.25, -0.2) is 13.1 Å². The molecule has 20 heavy (non-hydrogen) atoms. The van der Waals surface area contributed by atoms with E-state index in [9.17, 15) is 17.2 Å². The lowest BCUT2D eigenvalue weighted by molar-refractivity contribution is -0.0517. The first kappa shape index (κ1) is 15.1. The molecule has 0 saturated carbocycles. The van der Waals surface area contributed by atoms with Gasteiger partial charge in [-0.1, -0.05) is 12.1 Å². The zero-order valence-electron chi connectivity index (χ0n) is 10.7. The van der Waals surface area contributed by atoms with Crippen LogP contribution in [0.25, 0.3) is 0 Å². The minimum absolute atomic E-state index is 0.194. The Balaban J connectivity index is 2.20. The van der Waals surface area contributed by atoms with Crippen molar-refractivity contribution in [3.05, 3.63) is 24.3 Å². The standard InChI is InChI=1S/C12H16F2N2O3S/c13-12(14)19-10-3-1-2-4-11(10)20(17,18)16-9-5-7-15-8-6-9/h1-4,9,12,15-16H,5-8H2. The van der Waals surface area contributed by atoms with Gasteiger partial charge in [0, 0.05) is 6.04 Å². The second-order valence-corrected chi connectivity index (χ2v) is 6.15. The van der Waals surface area contributed by atoms with Gasteiger partial charge < -0.3 is 10.1 Å². The summed E-state index contributed by atoms with van der Waals surface area (Å²) in [6.45, 7) is -1.62. The predicted molar refractivity (Wildman–Crippen MR) is 69.3 cm³/mol. The minimum Gasteiger partial charge on any atom is -0.433 e. The number of piperidine rings is 1.